The van der Waals surface area contributed by atoms with Gasteiger partial charge in [0.1, 0.15) is 0 Å². The molecule has 0 bridgehead atoms. The van der Waals surface area contributed by atoms with Gasteiger partial charge in [-0.3, -0.25) is 4.79 Å². The minimum atomic E-state index is -1.74. The van der Waals surface area contributed by atoms with Gasteiger partial charge < -0.3 is 25.0 Å². The number of nitrogens with one attached hydrogen (secondary N) is 1. The number of hydrogen-bond acceptors (Lipinski definition) is 5. The molecular weight excluding hydrogens is 202 g/mol. The van der Waals surface area contributed by atoms with Crippen LogP contribution in [-0.4, -0.2) is 46.4 Å². The molecular formula is C9H15NO5. The van der Waals surface area contributed by atoms with E-state index >= 15 is 0 Å². The Bertz CT molecular complexity index is 305. The highest BCUT2D eigenvalue weighted by Gasteiger charge is 2.68. The summed E-state index contributed by atoms with van der Waals surface area (Å²) in [5.41, 5.74) is -1.70. The molecule has 0 aromatic heterocycles. The van der Waals surface area contributed by atoms with E-state index in [2.05, 4.69) is 5.32 Å². The van der Waals surface area contributed by atoms with Crippen LogP contribution in [0.15, 0.2) is 0 Å². The molecule has 3 N–H and O–H groups in total. The standard InChI is InChI=1S/C9H15NO5/c1-7(2)14-8(5-11)6(12)10-4-3-9(8,13)15-7/h11,13H,3-5H2,1-2H3,(H,10,12). The summed E-state index contributed by atoms with van der Waals surface area (Å²) in [5.74, 6) is -3.36. The minimum Gasteiger partial charge on any atom is -0.393 e. The zero-order valence-electron chi connectivity index (χ0n) is 8.74. The van der Waals surface area contributed by atoms with E-state index in [1.54, 1.807) is 13.8 Å². The van der Waals surface area contributed by atoms with Crippen LogP contribution in [0.3, 0.4) is 0 Å². The van der Waals surface area contributed by atoms with Gasteiger partial charge in [0.05, 0.1) is 6.61 Å². The van der Waals surface area contributed by atoms with Crippen LogP contribution in [0.25, 0.3) is 0 Å². The second kappa shape index (κ2) is 2.91. The number of aliphatic hydroxyl groups excluding tert-OH is 1. The number of hydrogen-bond donors (Lipinski definition) is 3. The molecule has 0 aliphatic carbocycles. The van der Waals surface area contributed by atoms with Crippen LogP contribution in [0.5, 0.6) is 0 Å². The molecule has 2 unspecified atom stereocenters. The molecule has 2 heterocycles. The molecule has 6 heteroatoms. The van der Waals surface area contributed by atoms with Crippen molar-refractivity contribution in [3.05, 3.63) is 0 Å². The second-order valence-corrected chi connectivity index (χ2v) is 4.38. The fraction of sp³-hybridized carbons (Fsp3) is 0.889. The maximum Gasteiger partial charge on any atom is 0.260 e. The predicted molar refractivity (Wildman–Crippen MR) is 48.6 cm³/mol. The molecule has 2 atom stereocenters. The first kappa shape index (κ1) is 10.8. The normalized spacial score (nSPS) is 43.6. The average Bonchev–Trinajstić information content (AvgIpc) is 2.33. The van der Waals surface area contributed by atoms with Gasteiger partial charge >= 0.3 is 0 Å². The van der Waals surface area contributed by atoms with Crippen molar-refractivity contribution >= 4 is 5.91 Å². The topological polar surface area (TPSA) is 88.0 Å². The molecule has 0 saturated carbocycles. The zero-order valence-corrected chi connectivity index (χ0v) is 8.74. The van der Waals surface area contributed by atoms with Crippen LogP contribution in [-0.2, 0) is 14.3 Å². The van der Waals surface area contributed by atoms with Gasteiger partial charge in [-0.15, -0.1) is 0 Å². The molecule has 0 spiro atoms. The van der Waals surface area contributed by atoms with Crippen molar-refractivity contribution in [2.45, 2.75) is 37.4 Å². The Morgan fingerprint density at radius 2 is 2.13 bits per heavy atom. The van der Waals surface area contributed by atoms with Crippen molar-refractivity contribution in [3.8, 4) is 0 Å². The van der Waals surface area contributed by atoms with Gasteiger partial charge in [-0.1, -0.05) is 0 Å². The number of amides is 1. The third-order valence-corrected chi connectivity index (χ3v) is 2.80. The minimum absolute atomic E-state index is 0.197. The van der Waals surface area contributed by atoms with Gasteiger partial charge in [0.15, 0.2) is 5.79 Å². The van der Waals surface area contributed by atoms with Crippen LogP contribution in [0.2, 0.25) is 0 Å². The molecule has 1 amide bonds. The lowest BCUT2D eigenvalue weighted by atomic mass is 9.87. The summed E-state index contributed by atoms with van der Waals surface area (Å²) in [6.45, 7) is 2.87. The largest absolute Gasteiger partial charge is 0.393 e. The number of rotatable bonds is 1. The second-order valence-electron chi connectivity index (χ2n) is 4.38. The van der Waals surface area contributed by atoms with Crippen molar-refractivity contribution in [2.24, 2.45) is 0 Å². The third-order valence-electron chi connectivity index (χ3n) is 2.80. The molecule has 0 aromatic carbocycles. The Balaban J connectivity index is 2.44. The predicted octanol–water partition coefficient (Wildman–Crippen LogP) is -1.29. The summed E-state index contributed by atoms with van der Waals surface area (Å²) in [4.78, 5) is 11.7. The molecule has 2 rings (SSSR count). The highest BCUT2D eigenvalue weighted by Crippen LogP contribution is 2.45. The fourth-order valence-corrected chi connectivity index (χ4v) is 2.20. The first-order valence-electron chi connectivity index (χ1n) is 4.87. The SMILES string of the molecule is CC1(C)OC2(O)CCNC(=O)C2(CO)O1. The summed E-state index contributed by atoms with van der Waals surface area (Å²) >= 11 is 0. The number of fused-ring (bicyclic) bond motifs is 1. The maximum absolute atomic E-state index is 11.7. The Morgan fingerprint density at radius 1 is 1.47 bits per heavy atom. The van der Waals surface area contributed by atoms with Gasteiger partial charge in [-0.2, -0.15) is 0 Å². The van der Waals surface area contributed by atoms with E-state index in [0.29, 0.717) is 6.54 Å². The number of ether oxygens (including phenoxy) is 2. The highest BCUT2D eigenvalue weighted by molar-refractivity contribution is 5.88. The maximum atomic E-state index is 11.7. The Morgan fingerprint density at radius 3 is 2.67 bits per heavy atom. The van der Waals surface area contributed by atoms with E-state index in [0.717, 1.165) is 0 Å². The molecule has 2 saturated heterocycles. The number of piperidine rings is 1. The average molecular weight is 217 g/mol. The molecule has 15 heavy (non-hydrogen) atoms. The Kier molecular flexibility index (Phi) is 2.10. The third kappa shape index (κ3) is 1.29. The smallest absolute Gasteiger partial charge is 0.260 e. The zero-order chi connectivity index (χ0) is 11.3. The van der Waals surface area contributed by atoms with E-state index in [4.69, 9.17) is 9.47 Å². The van der Waals surface area contributed by atoms with Crippen LogP contribution in [0.4, 0.5) is 0 Å². The Hall–Kier alpha value is -0.690. The summed E-state index contributed by atoms with van der Waals surface area (Å²) in [6, 6.07) is 0. The summed E-state index contributed by atoms with van der Waals surface area (Å²) in [5, 5.41) is 22.0. The molecule has 2 aliphatic rings. The lowest BCUT2D eigenvalue weighted by molar-refractivity contribution is -0.245. The lowest BCUT2D eigenvalue weighted by Gasteiger charge is -2.39. The number of carbonyl (C=O) groups excluding carboxylic acids is 1. The van der Waals surface area contributed by atoms with Crippen molar-refractivity contribution in [3.63, 3.8) is 0 Å². The lowest BCUT2D eigenvalue weighted by Crippen LogP contribution is -2.67. The molecule has 2 aliphatic heterocycles. The highest BCUT2D eigenvalue weighted by atomic mass is 16.8. The van der Waals surface area contributed by atoms with Crippen LogP contribution in [0, 0.1) is 0 Å². The van der Waals surface area contributed by atoms with Crippen LogP contribution in [0.1, 0.15) is 20.3 Å². The number of aliphatic hydroxyl groups is 2. The summed E-state index contributed by atoms with van der Waals surface area (Å²) in [7, 11) is 0. The van der Waals surface area contributed by atoms with E-state index in [1.165, 1.54) is 0 Å². The summed E-state index contributed by atoms with van der Waals surface area (Å²) in [6.07, 6.45) is 0.197. The first-order chi connectivity index (χ1) is 6.85. The fourth-order valence-electron chi connectivity index (χ4n) is 2.20. The molecule has 2 fully saturated rings. The van der Waals surface area contributed by atoms with Gasteiger partial charge in [0.25, 0.3) is 5.91 Å². The monoisotopic (exact) mass is 217 g/mol. The van der Waals surface area contributed by atoms with E-state index in [1.807, 2.05) is 0 Å². The van der Waals surface area contributed by atoms with E-state index in [-0.39, 0.29) is 6.42 Å². The van der Waals surface area contributed by atoms with E-state index < -0.39 is 29.7 Å². The van der Waals surface area contributed by atoms with E-state index in [9.17, 15) is 15.0 Å². The molecule has 6 nitrogen and oxygen atoms in total. The molecule has 0 radical (unpaired) electrons. The number of carbonyl (C=O) groups is 1. The quantitative estimate of drug-likeness (QED) is 0.508. The molecule has 0 aromatic rings. The van der Waals surface area contributed by atoms with Crippen molar-refractivity contribution < 1.29 is 24.5 Å². The first-order valence-corrected chi connectivity index (χ1v) is 4.87. The van der Waals surface area contributed by atoms with Crippen molar-refractivity contribution in [1.29, 1.82) is 0 Å². The van der Waals surface area contributed by atoms with Gasteiger partial charge in [-0.25, -0.2) is 0 Å². The summed E-state index contributed by atoms with van der Waals surface area (Å²) < 4.78 is 10.7. The van der Waals surface area contributed by atoms with Crippen LogP contribution < -0.4 is 5.32 Å². The molecule has 86 valence electrons. The van der Waals surface area contributed by atoms with Crippen molar-refractivity contribution in [2.75, 3.05) is 13.2 Å². The van der Waals surface area contributed by atoms with Gasteiger partial charge in [0.2, 0.25) is 11.4 Å². The van der Waals surface area contributed by atoms with Gasteiger partial charge in [-0.05, 0) is 13.8 Å². The van der Waals surface area contributed by atoms with Gasteiger partial charge in [0, 0.05) is 13.0 Å². The van der Waals surface area contributed by atoms with Crippen molar-refractivity contribution in [1.82, 2.24) is 5.32 Å². The van der Waals surface area contributed by atoms with Crippen LogP contribution >= 0.6 is 0 Å². The Labute approximate surface area is 87.2 Å².